The average molecular weight is 312 g/mol. The predicted molar refractivity (Wildman–Crippen MR) is 81.6 cm³/mol. The van der Waals surface area contributed by atoms with Gasteiger partial charge in [-0.2, -0.15) is 0 Å². The molecule has 1 aromatic heterocycles. The van der Waals surface area contributed by atoms with Crippen molar-refractivity contribution in [1.82, 2.24) is 10.5 Å². The third-order valence-electron chi connectivity index (χ3n) is 2.67. The van der Waals surface area contributed by atoms with E-state index < -0.39 is 0 Å². The van der Waals surface area contributed by atoms with E-state index in [9.17, 15) is 4.79 Å². The van der Waals surface area contributed by atoms with Crippen LogP contribution in [0.3, 0.4) is 0 Å². The van der Waals surface area contributed by atoms with Crippen LogP contribution in [0.2, 0.25) is 0 Å². The highest BCUT2D eigenvalue weighted by Gasteiger charge is 2.12. The SMILES string of the molecule is CNCc1ccc(NC(=O)c2cc(COC)on2)cc1.Cl. The zero-order valence-corrected chi connectivity index (χ0v) is 12.7. The van der Waals surface area contributed by atoms with Crippen LogP contribution in [-0.2, 0) is 17.9 Å². The summed E-state index contributed by atoms with van der Waals surface area (Å²) < 4.78 is 9.87. The topological polar surface area (TPSA) is 76.4 Å². The van der Waals surface area contributed by atoms with Crippen LogP contribution in [-0.4, -0.2) is 25.2 Å². The Bertz CT molecular complexity index is 569. The molecule has 0 saturated carbocycles. The zero-order valence-electron chi connectivity index (χ0n) is 11.9. The molecular weight excluding hydrogens is 294 g/mol. The van der Waals surface area contributed by atoms with Crippen LogP contribution in [0.25, 0.3) is 0 Å². The van der Waals surface area contributed by atoms with Gasteiger partial charge in [-0.1, -0.05) is 17.3 Å². The number of nitrogens with zero attached hydrogens (tertiary/aromatic N) is 1. The van der Waals surface area contributed by atoms with Crippen molar-refractivity contribution < 1.29 is 14.1 Å². The van der Waals surface area contributed by atoms with Gasteiger partial charge >= 0.3 is 0 Å². The van der Waals surface area contributed by atoms with Crippen LogP contribution in [0.15, 0.2) is 34.9 Å². The van der Waals surface area contributed by atoms with Crippen molar-refractivity contribution in [2.45, 2.75) is 13.2 Å². The lowest BCUT2D eigenvalue weighted by Gasteiger charge is -2.04. The van der Waals surface area contributed by atoms with E-state index in [-0.39, 0.29) is 24.0 Å². The number of benzene rings is 1. The number of ether oxygens (including phenoxy) is 1. The van der Waals surface area contributed by atoms with Crippen molar-refractivity contribution in [3.8, 4) is 0 Å². The first-order valence-electron chi connectivity index (χ1n) is 6.22. The molecule has 1 aromatic carbocycles. The maximum atomic E-state index is 12.0. The fourth-order valence-electron chi connectivity index (χ4n) is 1.74. The smallest absolute Gasteiger partial charge is 0.277 e. The Balaban J connectivity index is 0.00000220. The van der Waals surface area contributed by atoms with E-state index in [0.717, 1.165) is 12.1 Å². The van der Waals surface area contributed by atoms with Gasteiger partial charge < -0.3 is 19.9 Å². The zero-order chi connectivity index (χ0) is 14.4. The van der Waals surface area contributed by atoms with Crippen LogP contribution in [0.4, 0.5) is 5.69 Å². The second-order valence-electron chi connectivity index (χ2n) is 4.29. The van der Waals surface area contributed by atoms with Gasteiger partial charge in [0.05, 0.1) is 0 Å². The molecule has 0 unspecified atom stereocenters. The van der Waals surface area contributed by atoms with E-state index in [2.05, 4.69) is 15.8 Å². The summed E-state index contributed by atoms with van der Waals surface area (Å²) >= 11 is 0. The van der Waals surface area contributed by atoms with E-state index in [1.807, 2.05) is 31.3 Å². The summed E-state index contributed by atoms with van der Waals surface area (Å²) in [6, 6.07) is 9.16. The van der Waals surface area contributed by atoms with Crippen LogP contribution < -0.4 is 10.6 Å². The standard InChI is InChI=1S/C14H17N3O3.ClH/c1-15-8-10-3-5-11(6-4-10)16-14(18)13-7-12(9-19-2)20-17-13;/h3-7,15H,8-9H2,1-2H3,(H,16,18);1H. The summed E-state index contributed by atoms with van der Waals surface area (Å²) in [7, 11) is 3.44. The van der Waals surface area contributed by atoms with Crippen molar-refractivity contribution in [2.75, 3.05) is 19.5 Å². The third kappa shape index (κ3) is 4.86. The molecule has 1 amide bonds. The first kappa shape index (κ1) is 17.2. The Morgan fingerprint density at radius 2 is 2.05 bits per heavy atom. The summed E-state index contributed by atoms with van der Waals surface area (Å²) in [5.74, 6) is 0.208. The number of carbonyl (C=O) groups excluding carboxylic acids is 1. The van der Waals surface area contributed by atoms with Crippen molar-refractivity contribution in [3.63, 3.8) is 0 Å². The van der Waals surface area contributed by atoms with Crippen molar-refractivity contribution in [2.24, 2.45) is 0 Å². The highest BCUT2D eigenvalue weighted by Crippen LogP contribution is 2.12. The number of rotatable bonds is 6. The highest BCUT2D eigenvalue weighted by atomic mass is 35.5. The lowest BCUT2D eigenvalue weighted by molar-refractivity contribution is 0.101. The molecule has 7 heteroatoms. The number of aromatic nitrogens is 1. The number of hydrogen-bond acceptors (Lipinski definition) is 5. The summed E-state index contributed by atoms with van der Waals surface area (Å²) in [5, 5.41) is 9.52. The fraction of sp³-hybridized carbons (Fsp3) is 0.286. The number of hydrogen-bond donors (Lipinski definition) is 2. The van der Waals surface area contributed by atoms with Gasteiger partial charge in [0.2, 0.25) is 0 Å². The average Bonchev–Trinajstić information content (AvgIpc) is 2.90. The normalized spacial score (nSPS) is 10.0. The van der Waals surface area contributed by atoms with Crippen LogP contribution in [0.1, 0.15) is 21.8 Å². The predicted octanol–water partition coefficient (Wildman–Crippen LogP) is 2.21. The van der Waals surface area contributed by atoms with Crippen LogP contribution in [0, 0.1) is 0 Å². The second-order valence-corrected chi connectivity index (χ2v) is 4.29. The summed E-state index contributed by atoms with van der Waals surface area (Å²) in [5.41, 5.74) is 2.09. The summed E-state index contributed by atoms with van der Waals surface area (Å²) in [4.78, 5) is 12.0. The highest BCUT2D eigenvalue weighted by molar-refractivity contribution is 6.02. The van der Waals surface area contributed by atoms with E-state index >= 15 is 0 Å². The molecule has 0 fully saturated rings. The van der Waals surface area contributed by atoms with E-state index in [1.165, 1.54) is 0 Å². The Morgan fingerprint density at radius 3 is 2.67 bits per heavy atom. The van der Waals surface area contributed by atoms with Gasteiger partial charge in [0, 0.05) is 25.4 Å². The van der Waals surface area contributed by atoms with Gasteiger partial charge in [-0.3, -0.25) is 4.79 Å². The molecule has 0 spiro atoms. The molecule has 0 aliphatic carbocycles. The quantitative estimate of drug-likeness (QED) is 0.855. The van der Waals surface area contributed by atoms with Gasteiger partial charge in [0.1, 0.15) is 6.61 Å². The Hall–Kier alpha value is -1.89. The number of amides is 1. The summed E-state index contributed by atoms with van der Waals surface area (Å²) in [6.07, 6.45) is 0. The largest absolute Gasteiger partial charge is 0.377 e. The minimum absolute atomic E-state index is 0. The number of methoxy groups -OCH3 is 1. The summed E-state index contributed by atoms with van der Waals surface area (Å²) in [6.45, 7) is 1.08. The minimum atomic E-state index is -0.308. The Labute approximate surface area is 129 Å². The molecule has 0 aliphatic rings. The third-order valence-corrected chi connectivity index (χ3v) is 2.67. The van der Waals surface area contributed by atoms with E-state index in [1.54, 1.807) is 13.2 Å². The number of anilines is 1. The number of carbonyl (C=O) groups is 1. The first-order chi connectivity index (χ1) is 9.72. The Kier molecular flexibility index (Phi) is 6.87. The van der Waals surface area contributed by atoms with Crippen LogP contribution in [0.5, 0.6) is 0 Å². The second kappa shape index (κ2) is 8.41. The monoisotopic (exact) mass is 311 g/mol. The van der Waals surface area contributed by atoms with Crippen molar-refractivity contribution in [3.05, 3.63) is 47.3 Å². The maximum absolute atomic E-state index is 12.0. The number of halogens is 1. The lowest BCUT2D eigenvalue weighted by Crippen LogP contribution is -2.12. The molecule has 2 N–H and O–H groups in total. The van der Waals surface area contributed by atoms with Gasteiger partial charge in [0.15, 0.2) is 11.5 Å². The van der Waals surface area contributed by atoms with Gasteiger partial charge in [-0.25, -0.2) is 0 Å². The van der Waals surface area contributed by atoms with E-state index in [4.69, 9.17) is 9.26 Å². The molecular formula is C14H18ClN3O3. The van der Waals surface area contributed by atoms with Crippen LogP contribution >= 0.6 is 12.4 Å². The van der Waals surface area contributed by atoms with Crippen molar-refractivity contribution >= 4 is 24.0 Å². The number of nitrogens with one attached hydrogen (secondary N) is 2. The van der Waals surface area contributed by atoms with E-state index in [0.29, 0.717) is 18.1 Å². The maximum Gasteiger partial charge on any atom is 0.277 e. The molecule has 0 aliphatic heterocycles. The first-order valence-corrected chi connectivity index (χ1v) is 6.22. The lowest BCUT2D eigenvalue weighted by atomic mass is 10.2. The molecule has 21 heavy (non-hydrogen) atoms. The molecule has 114 valence electrons. The minimum Gasteiger partial charge on any atom is -0.377 e. The molecule has 0 saturated heterocycles. The molecule has 1 heterocycles. The molecule has 2 aromatic rings. The van der Waals surface area contributed by atoms with Gasteiger partial charge in [0.25, 0.3) is 5.91 Å². The molecule has 0 atom stereocenters. The molecule has 6 nitrogen and oxygen atoms in total. The fourth-order valence-corrected chi connectivity index (χ4v) is 1.74. The molecule has 2 rings (SSSR count). The Morgan fingerprint density at radius 1 is 1.33 bits per heavy atom. The van der Waals surface area contributed by atoms with Gasteiger partial charge in [-0.05, 0) is 24.7 Å². The van der Waals surface area contributed by atoms with Gasteiger partial charge in [-0.15, -0.1) is 12.4 Å². The molecule has 0 radical (unpaired) electrons. The molecule has 0 bridgehead atoms. The van der Waals surface area contributed by atoms with Crippen molar-refractivity contribution in [1.29, 1.82) is 0 Å².